The molecule has 2 nitrogen and oxygen atoms in total. The number of benzene rings is 1. The molecule has 0 atom stereocenters. The van der Waals surface area contributed by atoms with E-state index in [0.29, 0.717) is 6.54 Å². The molecule has 0 unspecified atom stereocenters. The molecule has 0 aromatic heterocycles. The zero-order chi connectivity index (χ0) is 12.3. The van der Waals surface area contributed by atoms with Crippen molar-refractivity contribution in [2.45, 2.75) is 12.8 Å². The Labute approximate surface area is 97.1 Å². The van der Waals surface area contributed by atoms with E-state index in [1.54, 1.807) is 12.1 Å². The second-order valence-electron chi connectivity index (χ2n) is 3.68. The van der Waals surface area contributed by atoms with E-state index in [1.807, 2.05) is 6.08 Å². The largest absolute Gasteiger partial charge is 0.573 e. The van der Waals surface area contributed by atoms with Crippen LogP contribution in [0.5, 0.6) is 5.75 Å². The lowest BCUT2D eigenvalue weighted by molar-refractivity contribution is -0.274. The highest BCUT2D eigenvalue weighted by molar-refractivity contribution is 5.67. The lowest BCUT2D eigenvalue weighted by atomic mass is 10.0. The Hall–Kier alpha value is -1.49. The van der Waals surface area contributed by atoms with Gasteiger partial charge in [-0.3, -0.25) is 0 Å². The van der Waals surface area contributed by atoms with Crippen LogP contribution < -0.4 is 10.1 Å². The Bertz CT molecular complexity index is 426. The maximum atomic E-state index is 12.1. The topological polar surface area (TPSA) is 23.3 Å². The summed E-state index contributed by atoms with van der Waals surface area (Å²) in [5.41, 5.74) is 1.79. The average Bonchev–Trinajstić information content (AvgIpc) is 2.28. The van der Waals surface area contributed by atoms with Gasteiger partial charge in [-0.05, 0) is 29.7 Å². The van der Waals surface area contributed by atoms with Crippen molar-refractivity contribution in [2.24, 2.45) is 0 Å². The molecule has 1 radical (unpaired) electrons. The van der Waals surface area contributed by atoms with Gasteiger partial charge >= 0.3 is 6.36 Å². The lowest BCUT2D eigenvalue weighted by Crippen LogP contribution is -2.17. The van der Waals surface area contributed by atoms with Crippen LogP contribution in [0.15, 0.2) is 30.3 Å². The third-order valence-corrected chi connectivity index (χ3v) is 2.44. The van der Waals surface area contributed by atoms with Crippen LogP contribution in [0.2, 0.25) is 0 Å². The van der Waals surface area contributed by atoms with Crippen LogP contribution in [0.1, 0.15) is 12.0 Å². The molecule has 0 saturated heterocycles. The van der Waals surface area contributed by atoms with Gasteiger partial charge in [0.25, 0.3) is 0 Å². The molecule has 1 heterocycles. The van der Waals surface area contributed by atoms with Gasteiger partial charge in [0.15, 0.2) is 0 Å². The molecule has 1 aliphatic heterocycles. The zero-order valence-corrected chi connectivity index (χ0v) is 9.00. The molecular formula is C12H11F3NO. The van der Waals surface area contributed by atoms with Crippen molar-refractivity contribution in [2.75, 3.05) is 13.1 Å². The number of hydrogen-bond donors (Lipinski definition) is 0. The number of nitrogens with zero attached hydrogens (tertiary/aromatic N) is 1. The summed E-state index contributed by atoms with van der Waals surface area (Å²) in [5, 5.41) is 4.15. The van der Waals surface area contributed by atoms with Crippen molar-refractivity contribution < 1.29 is 17.9 Å². The van der Waals surface area contributed by atoms with Gasteiger partial charge in [0.1, 0.15) is 5.75 Å². The van der Waals surface area contributed by atoms with Crippen molar-refractivity contribution in [1.82, 2.24) is 5.32 Å². The Kier molecular flexibility index (Phi) is 3.38. The van der Waals surface area contributed by atoms with Crippen LogP contribution in [-0.2, 0) is 0 Å². The van der Waals surface area contributed by atoms with Crippen LogP contribution in [0.4, 0.5) is 13.2 Å². The predicted octanol–water partition coefficient (Wildman–Crippen LogP) is 2.98. The highest BCUT2D eigenvalue weighted by atomic mass is 19.4. The van der Waals surface area contributed by atoms with E-state index in [0.717, 1.165) is 24.1 Å². The van der Waals surface area contributed by atoms with Crippen LogP contribution in [0, 0.1) is 0 Å². The predicted molar refractivity (Wildman–Crippen MR) is 57.6 cm³/mol. The Morgan fingerprint density at radius 3 is 2.71 bits per heavy atom. The molecule has 2 rings (SSSR count). The fourth-order valence-corrected chi connectivity index (χ4v) is 1.72. The van der Waals surface area contributed by atoms with Gasteiger partial charge in [0, 0.05) is 13.1 Å². The number of halogens is 3. The molecule has 1 aromatic carbocycles. The molecule has 1 aliphatic rings. The highest BCUT2D eigenvalue weighted by Crippen LogP contribution is 2.27. The van der Waals surface area contributed by atoms with E-state index in [4.69, 9.17) is 0 Å². The highest BCUT2D eigenvalue weighted by Gasteiger charge is 2.31. The third kappa shape index (κ3) is 3.49. The van der Waals surface area contributed by atoms with Gasteiger partial charge in [-0.1, -0.05) is 18.2 Å². The minimum Gasteiger partial charge on any atom is -0.406 e. The second-order valence-corrected chi connectivity index (χ2v) is 3.68. The monoisotopic (exact) mass is 242 g/mol. The summed E-state index contributed by atoms with van der Waals surface area (Å²) in [5.74, 6) is -0.182. The van der Waals surface area contributed by atoms with E-state index in [9.17, 15) is 13.2 Å². The molecule has 0 fully saturated rings. The summed E-state index contributed by atoms with van der Waals surface area (Å²) in [6.45, 7) is 1.34. The van der Waals surface area contributed by atoms with E-state index in [-0.39, 0.29) is 5.75 Å². The molecule has 1 aromatic rings. The molecule has 91 valence electrons. The van der Waals surface area contributed by atoms with Crippen molar-refractivity contribution in [3.63, 3.8) is 0 Å². The van der Waals surface area contributed by atoms with Crippen molar-refractivity contribution in [1.29, 1.82) is 0 Å². The van der Waals surface area contributed by atoms with Crippen LogP contribution in [0.3, 0.4) is 0 Å². The number of hydrogen-bond acceptors (Lipinski definition) is 1. The summed E-state index contributed by atoms with van der Waals surface area (Å²) in [7, 11) is 0. The SMILES string of the molecule is FC(F)(F)Oc1cccc(C2=CC[N]CC2)c1. The molecule has 5 heteroatoms. The van der Waals surface area contributed by atoms with Gasteiger partial charge in [0.05, 0.1) is 0 Å². The maximum absolute atomic E-state index is 12.1. The molecule has 17 heavy (non-hydrogen) atoms. The summed E-state index contributed by atoms with van der Waals surface area (Å²) in [6.07, 6.45) is -1.96. The van der Waals surface area contributed by atoms with E-state index >= 15 is 0 Å². The van der Waals surface area contributed by atoms with Crippen LogP contribution >= 0.6 is 0 Å². The fraction of sp³-hybridized carbons (Fsp3) is 0.333. The van der Waals surface area contributed by atoms with Crippen molar-refractivity contribution >= 4 is 5.57 Å². The summed E-state index contributed by atoms with van der Waals surface area (Å²) < 4.78 is 40.1. The average molecular weight is 242 g/mol. The van der Waals surface area contributed by atoms with Crippen molar-refractivity contribution in [3.8, 4) is 5.75 Å². The molecule has 0 bridgehead atoms. The molecule has 0 spiro atoms. The van der Waals surface area contributed by atoms with E-state index < -0.39 is 6.36 Å². The van der Waals surface area contributed by atoms with Gasteiger partial charge < -0.3 is 4.74 Å². The van der Waals surface area contributed by atoms with E-state index in [2.05, 4.69) is 10.1 Å². The number of rotatable bonds is 2. The maximum Gasteiger partial charge on any atom is 0.573 e. The van der Waals surface area contributed by atoms with Gasteiger partial charge in [-0.25, -0.2) is 5.32 Å². The third-order valence-electron chi connectivity index (χ3n) is 2.44. The van der Waals surface area contributed by atoms with Crippen molar-refractivity contribution in [3.05, 3.63) is 35.9 Å². The van der Waals surface area contributed by atoms with Gasteiger partial charge in [0.2, 0.25) is 0 Å². The molecule has 0 saturated carbocycles. The summed E-state index contributed by atoms with van der Waals surface area (Å²) >= 11 is 0. The molecule has 0 aliphatic carbocycles. The number of ether oxygens (including phenoxy) is 1. The molecule has 0 amide bonds. The normalized spacial score (nSPS) is 16.5. The summed E-state index contributed by atoms with van der Waals surface area (Å²) in [6, 6.07) is 6.04. The van der Waals surface area contributed by atoms with Gasteiger partial charge in [-0.2, -0.15) is 0 Å². The molecular weight excluding hydrogens is 231 g/mol. The molecule has 0 N–H and O–H groups in total. The Morgan fingerprint density at radius 1 is 1.24 bits per heavy atom. The van der Waals surface area contributed by atoms with Gasteiger partial charge in [-0.15, -0.1) is 13.2 Å². The smallest absolute Gasteiger partial charge is 0.406 e. The zero-order valence-electron chi connectivity index (χ0n) is 9.00. The first-order valence-electron chi connectivity index (χ1n) is 5.23. The first-order valence-corrected chi connectivity index (χ1v) is 5.23. The standard InChI is InChI=1S/C12H11F3NO/c13-12(14,15)17-11-3-1-2-10(8-11)9-4-6-16-7-5-9/h1-4,8H,5-7H2. The first kappa shape index (κ1) is 12.0. The van der Waals surface area contributed by atoms with E-state index in [1.165, 1.54) is 12.1 Å². The number of alkyl halides is 3. The summed E-state index contributed by atoms with van der Waals surface area (Å²) in [4.78, 5) is 0. The first-order chi connectivity index (χ1) is 8.04. The fourth-order valence-electron chi connectivity index (χ4n) is 1.72. The quantitative estimate of drug-likeness (QED) is 0.782. The van der Waals surface area contributed by atoms with Crippen LogP contribution in [-0.4, -0.2) is 19.5 Å². The Morgan fingerprint density at radius 2 is 2.06 bits per heavy atom. The van der Waals surface area contributed by atoms with Crippen LogP contribution in [0.25, 0.3) is 5.57 Å². The minimum atomic E-state index is -4.64. The Balaban J connectivity index is 2.19. The minimum absolute atomic E-state index is 0.182. The second kappa shape index (κ2) is 4.79. The lowest BCUT2D eigenvalue weighted by Gasteiger charge is -2.14.